The molecule has 0 aromatic carbocycles. The molecule has 0 aromatic rings. The van der Waals surface area contributed by atoms with Crippen LogP contribution in [-0.4, -0.2) is 75.1 Å². The van der Waals surface area contributed by atoms with Crippen LogP contribution in [0.3, 0.4) is 0 Å². The number of carbonyl (C=O) groups is 4. The summed E-state index contributed by atoms with van der Waals surface area (Å²) >= 11 is 0. The Kier molecular flexibility index (Phi) is 3.91. The van der Waals surface area contributed by atoms with E-state index in [1.54, 1.807) is 32.1 Å². The van der Waals surface area contributed by atoms with Crippen molar-refractivity contribution in [2.45, 2.75) is 81.3 Å². The van der Waals surface area contributed by atoms with Gasteiger partial charge in [0.15, 0.2) is 22.6 Å². The second-order valence-corrected chi connectivity index (χ2v) is 13.2. The van der Waals surface area contributed by atoms with Crippen LogP contribution in [0.4, 0.5) is 0 Å². The molecule has 0 unspecified atom stereocenters. The lowest BCUT2D eigenvalue weighted by Gasteiger charge is -2.62. The average Bonchev–Trinajstić information content (AvgIpc) is 3.16. The molecule has 5 saturated heterocycles. The molecule has 38 heavy (non-hydrogen) atoms. The first kappa shape index (κ1) is 23.5. The molecule has 0 aromatic heterocycles. The number of fused-ring (bicyclic) bond motifs is 5. The van der Waals surface area contributed by atoms with Crippen molar-refractivity contribution < 1.29 is 48.3 Å². The molecule has 2 spiro atoms. The van der Waals surface area contributed by atoms with E-state index in [4.69, 9.17) is 18.9 Å². The Morgan fingerprint density at radius 2 is 1.87 bits per heavy atom. The van der Waals surface area contributed by atoms with Crippen molar-refractivity contribution in [3.63, 3.8) is 0 Å². The van der Waals surface area contributed by atoms with Gasteiger partial charge in [0, 0.05) is 12.3 Å². The summed E-state index contributed by atoms with van der Waals surface area (Å²) in [5, 5.41) is 22.7. The predicted molar refractivity (Wildman–Crippen MR) is 124 cm³/mol. The topological polar surface area (TPSA) is 146 Å². The molecule has 10 heteroatoms. The van der Waals surface area contributed by atoms with Crippen LogP contribution < -0.4 is 0 Å². The minimum absolute atomic E-state index is 0.0790. The highest BCUT2D eigenvalue weighted by Crippen LogP contribution is 2.74. The predicted octanol–water partition coefficient (Wildman–Crippen LogP) is 0.528. The number of allylic oxidation sites excluding steroid dienone is 2. The van der Waals surface area contributed by atoms with Crippen molar-refractivity contribution in [2.75, 3.05) is 6.61 Å². The molecule has 5 heterocycles. The zero-order valence-corrected chi connectivity index (χ0v) is 21.4. The van der Waals surface area contributed by atoms with Gasteiger partial charge in [-0.05, 0) is 50.0 Å². The Morgan fingerprint density at radius 3 is 2.63 bits per heavy atom. The fourth-order valence-electron chi connectivity index (χ4n) is 9.89. The van der Waals surface area contributed by atoms with Crippen molar-refractivity contribution in [3.8, 4) is 0 Å². The summed E-state index contributed by atoms with van der Waals surface area (Å²) in [5.41, 5.74) is -7.17. The zero-order valence-electron chi connectivity index (χ0n) is 21.4. The molecule has 12 atom stereocenters. The number of ketones is 2. The maximum Gasteiger partial charge on any atom is 0.342 e. The van der Waals surface area contributed by atoms with Crippen LogP contribution >= 0.6 is 0 Å². The first-order chi connectivity index (χ1) is 17.8. The van der Waals surface area contributed by atoms with Gasteiger partial charge in [0.2, 0.25) is 5.79 Å². The lowest BCUT2D eigenvalue weighted by atomic mass is 9.46. The van der Waals surface area contributed by atoms with Gasteiger partial charge in [-0.15, -0.1) is 0 Å². The van der Waals surface area contributed by atoms with Crippen molar-refractivity contribution in [3.05, 3.63) is 23.8 Å². The highest BCUT2D eigenvalue weighted by molar-refractivity contribution is 6.00. The Hall–Kier alpha value is -2.40. The van der Waals surface area contributed by atoms with Gasteiger partial charge in [0.25, 0.3) is 0 Å². The summed E-state index contributed by atoms with van der Waals surface area (Å²) in [6.45, 7) is 5.07. The third kappa shape index (κ3) is 2.03. The van der Waals surface area contributed by atoms with Crippen LogP contribution in [-0.2, 0) is 38.1 Å². The number of carbonyl (C=O) groups excluding carboxylic acids is 4. The maximum atomic E-state index is 14.8. The summed E-state index contributed by atoms with van der Waals surface area (Å²) in [7, 11) is 0. The van der Waals surface area contributed by atoms with E-state index in [1.807, 2.05) is 6.92 Å². The molecule has 3 aliphatic carbocycles. The summed E-state index contributed by atoms with van der Waals surface area (Å²) < 4.78 is 25.0. The lowest BCUT2D eigenvalue weighted by Crippen LogP contribution is -2.79. The minimum atomic E-state index is -2.23. The van der Waals surface area contributed by atoms with Gasteiger partial charge < -0.3 is 29.2 Å². The largest absolute Gasteiger partial charge is 0.458 e. The molecule has 202 valence electrons. The van der Waals surface area contributed by atoms with E-state index < -0.39 is 87.0 Å². The number of rotatable bonds is 0. The Labute approximate surface area is 218 Å². The summed E-state index contributed by atoms with van der Waals surface area (Å²) in [4.78, 5) is 55.4. The monoisotopic (exact) mass is 526 g/mol. The van der Waals surface area contributed by atoms with E-state index in [2.05, 4.69) is 0 Å². The molecule has 5 bridgehead atoms. The maximum absolute atomic E-state index is 14.8. The van der Waals surface area contributed by atoms with Crippen molar-refractivity contribution in [1.82, 2.24) is 0 Å². The quantitative estimate of drug-likeness (QED) is 0.429. The van der Waals surface area contributed by atoms with Gasteiger partial charge in [-0.25, -0.2) is 4.79 Å². The average molecular weight is 527 g/mol. The zero-order chi connectivity index (χ0) is 26.8. The molecule has 2 N–H and O–H groups in total. The van der Waals surface area contributed by atoms with Gasteiger partial charge in [0.05, 0.1) is 30.0 Å². The molecule has 1 saturated carbocycles. The van der Waals surface area contributed by atoms with E-state index in [0.717, 1.165) is 0 Å². The number of ether oxygens (including phenoxy) is 4. The van der Waals surface area contributed by atoms with Gasteiger partial charge in [-0.1, -0.05) is 25.2 Å². The molecular formula is C28H30O10. The summed E-state index contributed by atoms with van der Waals surface area (Å²) in [5.74, 6) is -7.21. The van der Waals surface area contributed by atoms with Gasteiger partial charge in [0.1, 0.15) is 11.9 Å². The standard InChI is InChI=1S/C28H30O10/c1-23-10-18-25(3)28-19(23)20(31)27(38-28,35-11-16(23)21(32)36-18)15-5-4-12-8-13(29)9-17(30)24(12,2)14(15)6-7-26(28,34)22(33)37-25/h4-5,8,13-16,18-19,29,34H,6-7,9-11H2,1-3H3/t13-,14+,15-,16+,18-,19+,23-,24+,25+,26+,27-,28+/m1/s1. The molecule has 5 aliphatic heterocycles. The Balaban J connectivity index is 1.43. The molecule has 8 aliphatic rings. The van der Waals surface area contributed by atoms with Crippen LogP contribution in [0.15, 0.2) is 23.8 Å². The summed E-state index contributed by atoms with van der Waals surface area (Å²) in [6, 6.07) is 0. The SMILES string of the molecule is C[C@]12C(=O)C[C@H](O)C=C1C=C[C@@H]1[C@@H]2CC[C@]2(O)C(=O)O[C@@]3(C)[C@H]4C[C@]5(C)[C@@H](CO[C@@]16O[C@@]32[C@H]5C6=O)C(=O)O4. The number of Topliss-reactive ketones (excluding diaryl/α,β-unsaturated/α-hetero) is 2. The van der Waals surface area contributed by atoms with Crippen LogP contribution in [0.1, 0.15) is 46.5 Å². The second-order valence-electron chi connectivity index (χ2n) is 13.2. The number of hydrogen-bond donors (Lipinski definition) is 2. The van der Waals surface area contributed by atoms with Crippen molar-refractivity contribution in [2.24, 2.45) is 34.5 Å². The van der Waals surface area contributed by atoms with E-state index in [-0.39, 0.29) is 38.1 Å². The van der Waals surface area contributed by atoms with Crippen molar-refractivity contribution >= 4 is 23.5 Å². The number of aliphatic hydroxyl groups excluding tert-OH is 1. The Bertz CT molecular complexity index is 1330. The fourth-order valence-corrected chi connectivity index (χ4v) is 9.89. The third-order valence-corrected chi connectivity index (χ3v) is 11.9. The summed E-state index contributed by atoms with van der Waals surface area (Å²) in [6.07, 6.45) is 3.65. The lowest BCUT2D eigenvalue weighted by molar-refractivity contribution is -0.370. The normalized spacial score (nSPS) is 59.2. The number of esters is 2. The van der Waals surface area contributed by atoms with Crippen LogP contribution in [0.5, 0.6) is 0 Å². The smallest absolute Gasteiger partial charge is 0.342 e. The number of hydrogen-bond acceptors (Lipinski definition) is 10. The van der Waals surface area contributed by atoms with Crippen LogP contribution in [0, 0.1) is 34.5 Å². The van der Waals surface area contributed by atoms with Crippen molar-refractivity contribution in [1.29, 1.82) is 0 Å². The highest BCUT2D eigenvalue weighted by Gasteiger charge is 2.93. The minimum Gasteiger partial charge on any atom is -0.458 e. The molecule has 10 nitrogen and oxygen atoms in total. The highest BCUT2D eigenvalue weighted by atomic mass is 16.8. The van der Waals surface area contributed by atoms with Crippen LogP contribution in [0.2, 0.25) is 0 Å². The van der Waals surface area contributed by atoms with E-state index in [1.165, 1.54) is 0 Å². The van der Waals surface area contributed by atoms with E-state index >= 15 is 0 Å². The van der Waals surface area contributed by atoms with E-state index in [9.17, 15) is 29.4 Å². The third-order valence-electron chi connectivity index (χ3n) is 11.9. The second kappa shape index (κ2) is 6.32. The molecule has 6 fully saturated rings. The molecular weight excluding hydrogens is 496 g/mol. The van der Waals surface area contributed by atoms with Gasteiger partial charge >= 0.3 is 11.9 Å². The number of aliphatic hydroxyl groups is 2. The first-order valence-electron chi connectivity index (χ1n) is 13.5. The molecule has 8 rings (SSSR count). The van der Waals surface area contributed by atoms with E-state index in [0.29, 0.717) is 5.57 Å². The molecule has 0 radical (unpaired) electrons. The first-order valence-corrected chi connectivity index (χ1v) is 13.5. The Morgan fingerprint density at radius 1 is 1.11 bits per heavy atom. The molecule has 0 amide bonds. The van der Waals surface area contributed by atoms with Gasteiger partial charge in [-0.2, -0.15) is 0 Å². The fraction of sp³-hybridized carbons (Fsp3) is 0.714. The van der Waals surface area contributed by atoms with Gasteiger partial charge in [-0.3, -0.25) is 14.4 Å². The van der Waals surface area contributed by atoms with Crippen LogP contribution in [0.25, 0.3) is 0 Å².